The third-order valence-corrected chi connectivity index (χ3v) is 12.2. The van der Waals surface area contributed by atoms with Crippen LogP contribution in [-0.2, 0) is 36.1 Å². The topological polar surface area (TPSA) is 114 Å². The molecule has 3 heterocycles. The molecule has 12 heteroatoms. The first-order valence-corrected chi connectivity index (χ1v) is 18.4. The summed E-state index contributed by atoms with van der Waals surface area (Å²) in [6.07, 6.45) is 8.49. The number of nitrogens with zero attached hydrogens (tertiary/aromatic N) is 2. The largest absolute Gasteiger partial charge is 0.490 e. The van der Waals surface area contributed by atoms with Crippen LogP contribution in [0.5, 0.6) is 5.75 Å². The molecule has 2 aliphatic carbocycles. The maximum atomic E-state index is 13.6. The molecule has 2 aromatic carbocycles. The van der Waals surface area contributed by atoms with Gasteiger partial charge in [-0.3, -0.25) is 4.79 Å². The number of aryl methyl sites for hydroxylation is 1. The van der Waals surface area contributed by atoms with Crippen LogP contribution in [0.25, 0.3) is 0 Å². The second-order valence-electron chi connectivity index (χ2n) is 14.1. The van der Waals surface area contributed by atoms with E-state index >= 15 is 0 Å². The van der Waals surface area contributed by atoms with Crippen molar-refractivity contribution in [2.45, 2.75) is 74.4 Å². The molecule has 4 atom stereocenters. The Morgan fingerprint density at radius 2 is 1.94 bits per heavy atom. The fourth-order valence-electron chi connectivity index (χ4n) is 7.57. The Kier molecular flexibility index (Phi) is 8.45. The minimum Gasteiger partial charge on any atom is -0.490 e. The number of nitrogens with one attached hydrogen (secondary N) is 1. The predicted molar refractivity (Wildman–Crippen MR) is 177 cm³/mol. The van der Waals surface area contributed by atoms with Crippen LogP contribution in [0, 0.1) is 11.8 Å². The van der Waals surface area contributed by atoms with Gasteiger partial charge in [-0.2, -0.15) is 0 Å². The van der Waals surface area contributed by atoms with Gasteiger partial charge in [-0.25, -0.2) is 17.9 Å². The molecular formula is C35H42ClN3O7S. The number of benzene rings is 2. The monoisotopic (exact) mass is 683 g/mol. The molecule has 0 unspecified atom stereocenters. The summed E-state index contributed by atoms with van der Waals surface area (Å²) in [6, 6.07) is 10.9. The first-order chi connectivity index (χ1) is 22.4. The number of likely N-dealkylation sites (tertiary alicyclic amines) is 1. The van der Waals surface area contributed by atoms with E-state index in [0.29, 0.717) is 49.2 Å². The first-order valence-electron chi connectivity index (χ1n) is 16.6. The molecule has 10 nitrogen and oxygen atoms in total. The van der Waals surface area contributed by atoms with Crippen molar-refractivity contribution in [2.24, 2.45) is 11.8 Å². The van der Waals surface area contributed by atoms with Gasteiger partial charge in [0.15, 0.2) is 0 Å². The minimum atomic E-state index is -4.22. The first kappa shape index (κ1) is 32.3. The zero-order valence-electron chi connectivity index (χ0n) is 26.9. The number of halogens is 1. The van der Waals surface area contributed by atoms with Crippen molar-refractivity contribution >= 4 is 39.3 Å². The average Bonchev–Trinajstić information content (AvgIpc) is 3.12. The lowest BCUT2D eigenvalue weighted by Gasteiger charge is -2.46. The third-order valence-electron chi connectivity index (χ3n) is 10.7. The fraction of sp³-hybridized carbons (Fsp3) is 0.543. The maximum Gasteiger partial charge on any atom is 0.410 e. The Bertz CT molecular complexity index is 1710. The zero-order valence-corrected chi connectivity index (χ0v) is 28.4. The highest BCUT2D eigenvalue weighted by Crippen LogP contribution is 2.47. The zero-order chi connectivity index (χ0) is 33.0. The fourth-order valence-corrected chi connectivity index (χ4v) is 8.89. The molecular weight excluding hydrogens is 642 g/mol. The Labute approximate surface area is 281 Å². The van der Waals surface area contributed by atoms with Gasteiger partial charge in [-0.1, -0.05) is 23.7 Å². The van der Waals surface area contributed by atoms with E-state index in [1.807, 2.05) is 18.2 Å². The number of sulfonamides is 1. The lowest BCUT2D eigenvalue weighted by atomic mass is 9.68. The van der Waals surface area contributed by atoms with Crippen molar-refractivity contribution in [3.05, 3.63) is 64.7 Å². The molecule has 1 N–H and O–H groups in total. The number of ether oxygens (including phenoxy) is 3. The van der Waals surface area contributed by atoms with Gasteiger partial charge in [0.1, 0.15) is 17.5 Å². The van der Waals surface area contributed by atoms with E-state index in [4.69, 9.17) is 25.8 Å². The highest BCUT2D eigenvalue weighted by atomic mass is 35.5. The van der Waals surface area contributed by atoms with Crippen LogP contribution in [0.1, 0.15) is 57.1 Å². The highest BCUT2D eigenvalue weighted by molar-refractivity contribution is 7.90. The van der Waals surface area contributed by atoms with Crippen LogP contribution in [0.15, 0.2) is 53.4 Å². The standard InChI is InChI=1S/C35H42ClN3O7S/c1-34(2)32(40)37-47(42,43)26-10-13-31-29(19-26)39(21-35(22-44-31)14-3-6-23-18-25(36)9-12-28(23)35)20-24-8-11-27(24)30(7-4-17-45-34)46-33(41)38-15-5-16-38/h4,7,9-10,12-13,18-19,24,27,30H,3,5-6,8,11,14-17,20-22H2,1-2H3,(H,37,40)/b7-4-/t24-,27+,30-,35-/m0/s1. The van der Waals surface area contributed by atoms with E-state index in [0.717, 1.165) is 38.5 Å². The number of hydrogen-bond acceptors (Lipinski definition) is 8. The Hall–Kier alpha value is -3.28. The normalized spacial score (nSPS) is 30.3. The summed E-state index contributed by atoms with van der Waals surface area (Å²) in [7, 11) is -4.22. The molecule has 3 aliphatic heterocycles. The van der Waals surface area contributed by atoms with E-state index in [-0.39, 0.29) is 34.8 Å². The smallest absolute Gasteiger partial charge is 0.410 e. The molecule has 0 aromatic heterocycles. The molecule has 2 bridgehead atoms. The van der Waals surface area contributed by atoms with Crippen LogP contribution in [-0.4, -0.2) is 76.4 Å². The van der Waals surface area contributed by atoms with Gasteiger partial charge in [0.2, 0.25) is 0 Å². The molecule has 5 aliphatic rings. The van der Waals surface area contributed by atoms with Crippen LogP contribution in [0.3, 0.4) is 0 Å². The number of fused-ring (bicyclic) bond motifs is 4. The molecule has 1 saturated heterocycles. The van der Waals surface area contributed by atoms with Crippen molar-refractivity contribution in [3.63, 3.8) is 0 Å². The van der Waals surface area contributed by atoms with E-state index in [1.165, 1.54) is 31.0 Å². The predicted octanol–water partition coefficient (Wildman–Crippen LogP) is 5.22. The van der Waals surface area contributed by atoms with Gasteiger partial charge < -0.3 is 24.0 Å². The van der Waals surface area contributed by atoms with Gasteiger partial charge in [0.25, 0.3) is 15.9 Å². The molecule has 1 spiro atoms. The number of carbonyl (C=O) groups is 2. The molecule has 47 heavy (non-hydrogen) atoms. The molecule has 0 radical (unpaired) electrons. The van der Waals surface area contributed by atoms with Crippen LogP contribution in [0.2, 0.25) is 5.02 Å². The third kappa shape index (κ3) is 6.22. The molecule has 2 aromatic rings. The lowest BCUT2D eigenvalue weighted by Crippen LogP contribution is -2.51. The van der Waals surface area contributed by atoms with E-state index in [9.17, 15) is 18.0 Å². The Balaban J connectivity index is 1.29. The van der Waals surface area contributed by atoms with Crippen molar-refractivity contribution in [2.75, 3.05) is 44.3 Å². The molecule has 2 fully saturated rings. The summed E-state index contributed by atoms with van der Waals surface area (Å²) in [5.41, 5.74) is 1.31. The Morgan fingerprint density at radius 3 is 2.68 bits per heavy atom. The number of hydrogen-bond donors (Lipinski definition) is 1. The minimum absolute atomic E-state index is 0.0284. The average molecular weight is 684 g/mol. The number of anilines is 1. The molecule has 2 amide bonds. The summed E-state index contributed by atoms with van der Waals surface area (Å²) in [4.78, 5) is 30.2. The number of amides is 2. The van der Waals surface area contributed by atoms with Crippen LogP contribution in [0.4, 0.5) is 10.5 Å². The summed E-state index contributed by atoms with van der Waals surface area (Å²) in [5, 5.41) is 0.707. The van der Waals surface area contributed by atoms with Crippen LogP contribution >= 0.6 is 11.6 Å². The Morgan fingerprint density at radius 1 is 1.11 bits per heavy atom. The van der Waals surface area contributed by atoms with Crippen molar-refractivity contribution in [1.82, 2.24) is 9.62 Å². The van der Waals surface area contributed by atoms with Crippen molar-refractivity contribution < 1.29 is 32.2 Å². The lowest BCUT2D eigenvalue weighted by molar-refractivity contribution is -0.139. The van der Waals surface area contributed by atoms with Gasteiger partial charge in [0.05, 0.1) is 23.8 Å². The van der Waals surface area contributed by atoms with E-state index in [2.05, 4.69) is 15.7 Å². The summed E-state index contributed by atoms with van der Waals surface area (Å²) in [5.74, 6) is 0.0517. The van der Waals surface area contributed by atoms with Crippen LogP contribution < -0.4 is 14.4 Å². The highest BCUT2D eigenvalue weighted by Gasteiger charge is 2.45. The number of rotatable bonds is 1. The molecule has 1 saturated carbocycles. The number of carbonyl (C=O) groups excluding carboxylic acids is 2. The second kappa shape index (κ2) is 12.3. The SMILES string of the molecule is CC1(C)OC/C=C\[C@H](OC(=O)N2CCC2)[C@@H]2CC[C@H]2CN2C[C@@]3(CCCc4cc(Cl)ccc43)COc3ccc(cc32)S(=O)(=O)NC1=O. The summed E-state index contributed by atoms with van der Waals surface area (Å²) in [6.45, 7) is 6.16. The van der Waals surface area contributed by atoms with E-state index in [1.54, 1.807) is 23.1 Å². The quantitative estimate of drug-likeness (QED) is 0.407. The summed E-state index contributed by atoms with van der Waals surface area (Å²) >= 11 is 6.42. The van der Waals surface area contributed by atoms with Gasteiger partial charge in [-0.15, -0.1) is 0 Å². The molecule has 7 rings (SSSR count). The van der Waals surface area contributed by atoms with Gasteiger partial charge in [0, 0.05) is 42.5 Å². The molecule has 252 valence electrons. The summed E-state index contributed by atoms with van der Waals surface area (Å²) < 4.78 is 47.9. The maximum absolute atomic E-state index is 13.6. The van der Waals surface area contributed by atoms with Gasteiger partial charge >= 0.3 is 6.09 Å². The van der Waals surface area contributed by atoms with E-state index < -0.39 is 27.6 Å². The van der Waals surface area contributed by atoms with Gasteiger partial charge in [-0.05, 0) is 106 Å². The second-order valence-corrected chi connectivity index (χ2v) is 16.2. The van der Waals surface area contributed by atoms with Crippen molar-refractivity contribution in [1.29, 1.82) is 0 Å². The van der Waals surface area contributed by atoms with Crippen molar-refractivity contribution in [3.8, 4) is 5.75 Å².